The van der Waals surface area contributed by atoms with Gasteiger partial charge in [0, 0.05) is 0 Å². The van der Waals surface area contributed by atoms with Gasteiger partial charge in [-0.1, -0.05) is 26.0 Å². The maximum absolute atomic E-state index is 10.9. The number of benzene rings is 1. The first kappa shape index (κ1) is 26.5. The molecule has 0 radical (unpaired) electrons. The van der Waals surface area contributed by atoms with Crippen LogP contribution >= 0.6 is 0 Å². The van der Waals surface area contributed by atoms with E-state index in [0.717, 1.165) is 11.3 Å². The zero-order valence-corrected chi connectivity index (χ0v) is 17.6. The van der Waals surface area contributed by atoms with Gasteiger partial charge in [-0.3, -0.25) is 6.08 Å². The molecule has 5 nitrogen and oxygen atoms in total. The molecule has 1 rings (SSSR count). The van der Waals surface area contributed by atoms with Crippen LogP contribution in [0, 0.1) is 12.0 Å². The summed E-state index contributed by atoms with van der Waals surface area (Å²) in [6.07, 6.45) is 3.45. The van der Waals surface area contributed by atoms with Gasteiger partial charge >= 0.3 is 65.3 Å². The molecule has 0 aliphatic heterocycles. The number of methoxy groups -OCH3 is 1. The summed E-state index contributed by atoms with van der Waals surface area (Å²) in [4.78, 5) is 27.2. The van der Waals surface area contributed by atoms with Crippen molar-refractivity contribution in [3.05, 3.63) is 41.5 Å². The summed E-state index contributed by atoms with van der Waals surface area (Å²) in [5.74, 6) is -0.337. The molecular weight excluding hydrogens is 306 g/mol. The normalized spacial score (nSPS) is 9.36. The summed E-state index contributed by atoms with van der Waals surface area (Å²) >= 11 is 0. The molecule has 0 atom stereocenters. The van der Waals surface area contributed by atoms with Gasteiger partial charge in [0.2, 0.25) is 0 Å². The summed E-state index contributed by atoms with van der Waals surface area (Å²) in [5, 5.41) is 10.9. The van der Waals surface area contributed by atoms with E-state index in [1.54, 1.807) is 19.2 Å². The van der Waals surface area contributed by atoms with Gasteiger partial charge in [0.1, 0.15) is 5.75 Å². The fourth-order valence-corrected chi connectivity index (χ4v) is 1.48. The number of hydrogen-bond donors (Lipinski definition) is 0. The van der Waals surface area contributed by atoms with Crippen molar-refractivity contribution in [3.8, 4) is 5.75 Å². The second-order valence-electron chi connectivity index (χ2n) is 4.17. The Morgan fingerprint density at radius 3 is 2.00 bits per heavy atom. The van der Waals surface area contributed by atoms with Crippen LogP contribution in [0.5, 0.6) is 5.75 Å². The van der Waals surface area contributed by atoms with Gasteiger partial charge in [-0.15, -0.1) is 11.9 Å². The van der Waals surface area contributed by atoms with Crippen LogP contribution in [0.4, 0.5) is 0 Å². The molecule has 0 aliphatic rings. The Balaban J connectivity index is -0.000000666. The predicted octanol–water partition coefficient (Wildman–Crippen LogP) is -5.20. The van der Waals surface area contributed by atoms with E-state index in [-0.39, 0.29) is 76.8 Å². The smallest absolute Gasteiger partial charge is 0.658 e. The molecule has 22 heavy (non-hydrogen) atoms. The van der Waals surface area contributed by atoms with Crippen LogP contribution in [0.1, 0.15) is 19.4 Å². The predicted molar refractivity (Wildman–Crippen MR) is 68.3 cm³/mol. The van der Waals surface area contributed by atoms with Crippen molar-refractivity contribution in [2.75, 3.05) is 7.11 Å². The Kier molecular flexibility index (Phi) is 18.7. The van der Waals surface area contributed by atoms with Crippen molar-refractivity contribution >= 4 is 12.1 Å². The van der Waals surface area contributed by atoms with Crippen LogP contribution in [0.15, 0.2) is 29.8 Å². The van der Waals surface area contributed by atoms with Gasteiger partial charge in [0.05, 0.1) is 7.11 Å². The number of carboxylic acids is 1. The quantitative estimate of drug-likeness (QED) is 0.307. The molecule has 0 heterocycles. The minimum absolute atomic E-state index is 0. The van der Waals surface area contributed by atoms with Crippen molar-refractivity contribution < 1.29 is 83.3 Å². The average Bonchev–Trinajstić information content (AvgIpc) is 2.39. The molecular formula is C15H16Na2O5. The van der Waals surface area contributed by atoms with E-state index in [9.17, 15) is 9.90 Å². The molecule has 1 aromatic carbocycles. The molecule has 0 bridgehead atoms. The first-order chi connectivity index (χ1) is 9.44. The number of aliphatic carboxylic acids is 1. The van der Waals surface area contributed by atoms with Crippen molar-refractivity contribution in [3.63, 3.8) is 0 Å². The fourth-order valence-electron chi connectivity index (χ4n) is 1.48. The average molecular weight is 322 g/mol. The molecule has 1 aromatic rings. The standard InChI is InChI=1S/C14H17O3.CO2.2Na/c1-10(2)8-12(14(15)16)9-11-4-6-13(17-3)7-5-11;2-1-3;;/h4-7,10H,9H2,1-3H3,(H,15,16);;;/q-1;;2*+1/p-1. The molecule has 0 saturated carbocycles. The van der Waals surface area contributed by atoms with Crippen molar-refractivity contribution in [2.24, 2.45) is 5.92 Å². The Labute approximate surface area is 174 Å². The monoisotopic (exact) mass is 322 g/mol. The second kappa shape index (κ2) is 15.5. The Bertz CT molecular complexity index is 489. The van der Waals surface area contributed by atoms with Crippen LogP contribution in [0.2, 0.25) is 0 Å². The first-order valence-electron chi connectivity index (χ1n) is 5.90. The number of ether oxygens (including phenoxy) is 1. The fraction of sp³-hybridized carbons (Fsp3) is 0.333. The summed E-state index contributed by atoms with van der Waals surface area (Å²) in [6.45, 7) is 3.77. The third-order valence-corrected chi connectivity index (χ3v) is 2.25. The molecule has 7 heteroatoms. The third-order valence-electron chi connectivity index (χ3n) is 2.25. The summed E-state index contributed by atoms with van der Waals surface area (Å²) in [7, 11) is 1.59. The molecule has 0 N–H and O–H groups in total. The van der Waals surface area contributed by atoms with E-state index in [0.29, 0.717) is 6.42 Å². The number of carbonyl (C=O) groups is 1. The van der Waals surface area contributed by atoms with Gasteiger partial charge in [-0.2, -0.15) is 15.2 Å². The van der Waals surface area contributed by atoms with E-state index >= 15 is 0 Å². The molecule has 0 saturated heterocycles. The van der Waals surface area contributed by atoms with Crippen LogP contribution in [-0.2, 0) is 20.8 Å². The SMILES string of the molecule is COc1ccc(CC(=[C-]C(C)C)C(=O)[O-])cc1.O=C=O.[Na+].[Na+]. The topological polar surface area (TPSA) is 83.5 Å². The van der Waals surface area contributed by atoms with Crippen LogP contribution in [-0.4, -0.2) is 19.2 Å². The third kappa shape index (κ3) is 12.2. The molecule has 0 aliphatic carbocycles. The molecule has 0 unspecified atom stereocenters. The summed E-state index contributed by atoms with van der Waals surface area (Å²) < 4.78 is 5.04. The van der Waals surface area contributed by atoms with E-state index in [4.69, 9.17) is 14.3 Å². The zero-order chi connectivity index (χ0) is 15.5. The molecule has 0 spiro atoms. The second-order valence-corrected chi connectivity index (χ2v) is 4.17. The van der Waals surface area contributed by atoms with Gasteiger partial charge in [0.25, 0.3) is 0 Å². The van der Waals surface area contributed by atoms with Gasteiger partial charge < -0.3 is 14.6 Å². The minimum atomic E-state index is -1.16. The van der Waals surface area contributed by atoms with Gasteiger partial charge in [0.15, 0.2) is 0 Å². The molecule has 0 fully saturated rings. The van der Waals surface area contributed by atoms with Crippen molar-refractivity contribution in [1.82, 2.24) is 0 Å². The zero-order valence-electron chi connectivity index (χ0n) is 13.6. The molecule has 0 aromatic heterocycles. The van der Waals surface area contributed by atoms with E-state index in [1.165, 1.54) is 0 Å². The Hall–Kier alpha value is -0.390. The summed E-state index contributed by atoms with van der Waals surface area (Å²) in [5.41, 5.74) is 1.10. The van der Waals surface area contributed by atoms with Crippen LogP contribution in [0.3, 0.4) is 0 Å². The minimum Gasteiger partial charge on any atom is -0.658 e. The first-order valence-corrected chi connectivity index (χ1v) is 5.90. The number of hydrogen-bond acceptors (Lipinski definition) is 5. The number of carbonyl (C=O) groups excluding carboxylic acids is 3. The van der Waals surface area contributed by atoms with E-state index < -0.39 is 5.97 Å². The number of allylic oxidation sites excluding steroid dienone is 1. The van der Waals surface area contributed by atoms with Crippen molar-refractivity contribution in [1.29, 1.82) is 0 Å². The Morgan fingerprint density at radius 1 is 1.23 bits per heavy atom. The van der Waals surface area contributed by atoms with Gasteiger partial charge in [-0.25, -0.2) is 0 Å². The maximum Gasteiger partial charge on any atom is 1.00 e. The van der Waals surface area contributed by atoms with Crippen LogP contribution < -0.4 is 69.0 Å². The van der Waals surface area contributed by atoms with Gasteiger partial charge in [-0.05, 0) is 24.1 Å². The van der Waals surface area contributed by atoms with Crippen LogP contribution in [0.25, 0.3) is 0 Å². The van der Waals surface area contributed by atoms with E-state index in [1.807, 2.05) is 26.0 Å². The number of rotatable bonds is 5. The largest absolute Gasteiger partial charge is 1.00 e. The van der Waals surface area contributed by atoms with E-state index in [2.05, 4.69) is 6.08 Å². The maximum atomic E-state index is 10.9. The number of carboxylic acid groups (broad SMARTS) is 1. The summed E-state index contributed by atoms with van der Waals surface area (Å²) in [6, 6.07) is 7.28. The Morgan fingerprint density at radius 2 is 1.68 bits per heavy atom. The molecule has 108 valence electrons. The molecule has 0 amide bonds. The van der Waals surface area contributed by atoms with Crippen molar-refractivity contribution in [2.45, 2.75) is 20.3 Å².